The van der Waals surface area contributed by atoms with Gasteiger partial charge in [-0.25, -0.2) is 0 Å². The van der Waals surface area contributed by atoms with Gasteiger partial charge in [-0.2, -0.15) is 13.1 Å². The van der Waals surface area contributed by atoms with Gasteiger partial charge in [0.15, 0.2) is 0 Å². The second-order valence-corrected chi connectivity index (χ2v) is 7.92. The fraction of sp³-hybridized carbons (Fsp3) is 0.300. The van der Waals surface area contributed by atoms with Crippen molar-refractivity contribution in [2.45, 2.75) is 44.4 Å². The van der Waals surface area contributed by atoms with Crippen molar-refractivity contribution < 1.29 is 12.6 Å². The van der Waals surface area contributed by atoms with Gasteiger partial charge in [-0.1, -0.05) is 54.8 Å². The molecule has 0 aliphatic heterocycles. The molecule has 2 aromatic carbocycles. The molecule has 0 N–H and O–H groups in total. The van der Waals surface area contributed by atoms with E-state index < -0.39 is 10.1 Å². The van der Waals surface area contributed by atoms with E-state index in [9.17, 15) is 8.42 Å². The molecule has 1 aromatic heterocycles. The van der Waals surface area contributed by atoms with Crippen molar-refractivity contribution in [3.05, 3.63) is 60.2 Å². The highest BCUT2D eigenvalue weighted by atomic mass is 32.2. The van der Waals surface area contributed by atoms with Crippen LogP contribution in [0.25, 0.3) is 16.9 Å². The molecule has 0 atom stereocenters. The minimum absolute atomic E-state index is 0.108. The van der Waals surface area contributed by atoms with E-state index in [1.54, 1.807) is 30.3 Å². The zero-order valence-electron chi connectivity index (χ0n) is 15.5. The van der Waals surface area contributed by atoms with Crippen LogP contribution in [-0.2, 0) is 14.3 Å². The molecule has 27 heavy (non-hydrogen) atoms. The van der Waals surface area contributed by atoms with E-state index in [1.807, 2.05) is 31.2 Å². The highest BCUT2D eigenvalue weighted by Crippen LogP contribution is 2.22. The first kappa shape index (κ1) is 19.1. The van der Waals surface area contributed by atoms with Crippen LogP contribution < -0.4 is 0 Å². The quantitative estimate of drug-likeness (QED) is 0.324. The summed E-state index contributed by atoms with van der Waals surface area (Å²) in [6.45, 7) is 4.02. The Balaban J connectivity index is 1.96. The van der Waals surface area contributed by atoms with Gasteiger partial charge in [-0.15, -0.1) is 5.10 Å². The Kier molecular flexibility index (Phi) is 5.91. The molecule has 6 nitrogen and oxygen atoms in total. The minimum atomic E-state index is -3.97. The van der Waals surface area contributed by atoms with Crippen molar-refractivity contribution in [1.29, 1.82) is 0 Å². The number of hydrogen-bond donors (Lipinski definition) is 0. The van der Waals surface area contributed by atoms with Crippen LogP contribution in [-0.4, -0.2) is 23.4 Å². The first-order chi connectivity index (χ1) is 13.0. The predicted molar refractivity (Wildman–Crippen MR) is 105 cm³/mol. The number of benzene rings is 2. The van der Waals surface area contributed by atoms with Crippen molar-refractivity contribution >= 4 is 27.0 Å². The zero-order chi connectivity index (χ0) is 19.3. The summed E-state index contributed by atoms with van der Waals surface area (Å²) in [7, 11) is -3.97. The molecular formula is C20H23N3O3S. The fourth-order valence-electron chi connectivity index (χ4n) is 2.67. The second-order valence-electron chi connectivity index (χ2n) is 6.38. The number of unbranched alkanes of at least 4 members (excludes halogenated alkanes) is 3. The van der Waals surface area contributed by atoms with E-state index in [2.05, 4.69) is 17.2 Å². The molecule has 142 valence electrons. The SMILES string of the molecule is CCCCC/C=C(/OS(=O)(=O)c1ccc(C)cc1)n1nnc2ccccc21. The molecule has 3 rings (SSSR count). The number of aryl methyl sites for hydroxylation is 1. The van der Waals surface area contributed by atoms with Crippen molar-refractivity contribution in [3.63, 3.8) is 0 Å². The lowest BCUT2D eigenvalue weighted by atomic mass is 10.2. The Bertz CT molecular complexity index is 1040. The van der Waals surface area contributed by atoms with Gasteiger partial charge >= 0.3 is 10.1 Å². The largest absolute Gasteiger partial charge is 0.358 e. The summed E-state index contributed by atoms with van der Waals surface area (Å²) >= 11 is 0. The lowest BCUT2D eigenvalue weighted by Crippen LogP contribution is -2.11. The number of fused-ring (bicyclic) bond motifs is 1. The van der Waals surface area contributed by atoms with Crippen LogP contribution in [0.5, 0.6) is 0 Å². The fourth-order valence-corrected chi connectivity index (χ4v) is 3.60. The zero-order valence-corrected chi connectivity index (χ0v) is 16.3. The van der Waals surface area contributed by atoms with E-state index in [4.69, 9.17) is 4.18 Å². The third kappa shape index (κ3) is 4.54. The lowest BCUT2D eigenvalue weighted by molar-refractivity contribution is 0.435. The van der Waals surface area contributed by atoms with E-state index in [0.29, 0.717) is 17.5 Å². The molecule has 0 unspecified atom stereocenters. The summed E-state index contributed by atoms with van der Waals surface area (Å²) in [5, 5.41) is 8.19. The van der Waals surface area contributed by atoms with E-state index in [-0.39, 0.29) is 10.8 Å². The first-order valence-electron chi connectivity index (χ1n) is 9.03. The van der Waals surface area contributed by atoms with Gasteiger partial charge in [0.1, 0.15) is 10.4 Å². The number of para-hydroxylation sites is 1. The number of aromatic nitrogens is 3. The van der Waals surface area contributed by atoms with Crippen molar-refractivity contribution in [2.24, 2.45) is 0 Å². The highest BCUT2D eigenvalue weighted by Gasteiger charge is 2.20. The van der Waals surface area contributed by atoms with Crippen molar-refractivity contribution in [2.75, 3.05) is 0 Å². The molecule has 0 amide bonds. The Morgan fingerprint density at radius 1 is 1.11 bits per heavy atom. The van der Waals surface area contributed by atoms with E-state index >= 15 is 0 Å². The number of allylic oxidation sites excluding steroid dienone is 1. The van der Waals surface area contributed by atoms with Crippen LogP contribution in [0.4, 0.5) is 0 Å². The number of nitrogens with zero attached hydrogens (tertiary/aromatic N) is 3. The number of rotatable bonds is 8. The summed E-state index contributed by atoms with van der Waals surface area (Å²) in [5.74, 6) is 0.153. The normalized spacial score (nSPS) is 12.4. The predicted octanol–water partition coefficient (Wildman–Crippen LogP) is 4.52. The molecule has 0 aliphatic rings. The monoisotopic (exact) mass is 385 g/mol. The standard InChI is InChI=1S/C20H23N3O3S/c1-3-4-5-6-11-20(23-19-10-8-7-9-18(19)21-22-23)26-27(24,25)17-14-12-16(2)13-15-17/h7-15H,3-6H2,1-2H3/b20-11+. The molecule has 7 heteroatoms. The highest BCUT2D eigenvalue weighted by molar-refractivity contribution is 7.87. The molecule has 0 saturated carbocycles. The summed E-state index contributed by atoms with van der Waals surface area (Å²) in [6.07, 6.45) is 5.55. The van der Waals surface area contributed by atoms with E-state index in [0.717, 1.165) is 24.8 Å². The summed E-state index contributed by atoms with van der Waals surface area (Å²) in [6, 6.07) is 13.9. The van der Waals surface area contributed by atoms with Crippen LogP contribution >= 0.6 is 0 Å². The summed E-state index contributed by atoms with van der Waals surface area (Å²) < 4.78 is 32.4. The first-order valence-corrected chi connectivity index (χ1v) is 10.4. The van der Waals surface area contributed by atoms with Gasteiger partial charge < -0.3 is 4.18 Å². The van der Waals surface area contributed by atoms with Gasteiger partial charge in [0.25, 0.3) is 0 Å². The van der Waals surface area contributed by atoms with Crippen LogP contribution in [0.1, 0.15) is 38.2 Å². The van der Waals surface area contributed by atoms with Gasteiger partial charge in [-0.05, 0) is 50.1 Å². The lowest BCUT2D eigenvalue weighted by Gasteiger charge is -2.11. The van der Waals surface area contributed by atoms with Gasteiger partial charge in [0, 0.05) is 0 Å². The third-order valence-electron chi connectivity index (χ3n) is 4.19. The minimum Gasteiger partial charge on any atom is -0.358 e. The maximum absolute atomic E-state index is 12.7. The van der Waals surface area contributed by atoms with Gasteiger partial charge in [0.05, 0.1) is 5.52 Å². The van der Waals surface area contributed by atoms with Gasteiger partial charge in [-0.3, -0.25) is 0 Å². The van der Waals surface area contributed by atoms with Crippen LogP contribution in [0, 0.1) is 6.92 Å². The molecule has 0 bridgehead atoms. The molecule has 0 aliphatic carbocycles. The van der Waals surface area contributed by atoms with Crippen LogP contribution in [0.15, 0.2) is 59.5 Å². The van der Waals surface area contributed by atoms with Gasteiger partial charge in [0.2, 0.25) is 5.88 Å². The van der Waals surface area contributed by atoms with Crippen LogP contribution in [0.3, 0.4) is 0 Å². The third-order valence-corrected chi connectivity index (χ3v) is 5.43. The molecule has 0 radical (unpaired) electrons. The molecule has 3 aromatic rings. The molecule has 1 heterocycles. The summed E-state index contributed by atoms with van der Waals surface area (Å²) in [5.41, 5.74) is 2.35. The van der Waals surface area contributed by atoms with Crippen molar-refractivity contribution in [3.8, 4) is 0 Å². The van der Waals surface area contributed by atoms with E-state index in [1.165, 1.54) is 4.68 Å². The van der Waals surface area contributed by atoms with Crippen LogP contribution in [0.2, 0.25) is 0 Å². The smallest absolute Gasteiger partial charge is 0.340 e. The van der Waals surface area contributed by atoms with Crippen molar-refractivity contribution in [1.82, 2.24) is 15.0 Å². The Hall–Kier alpha value is -2.67. The Morgan fingerprint density at radius 2 is 1.85 bits per heavy atom. The summed E-state index contributed by atoms with van der Waals surface area (Å²) in [4.78, 5) is 0.108. The number of hydrogen-bond acceptors (Lipinski definition) is 5. The maximum Gasteiger partial charge on any atom is 0.340 e. The Morgan fingerprint density at radius 3 is 2.59 bits per heavy atom. The topological polar surface area (TPSA) is 74.1 Å². The molecule has 0 fully saturated rings. The maximum atomic E-state index is 12.7. The Labute approximate surface area is 159 Å². The molecule has 0 spiro atoms. The second kappa shape index (κ2) is 8.35. The molecular weight excluding hydrogens is 362 g/mol. The average Bonchev–Trinajstić information content (AvgIpc) is 3.08. The molecule has 0 saturated heterocycles. The average molecular weight is 385 g/mol.